The van der Waals surface area contributed by atoms with E-state index in [0.29, 0.717) is 32.2 Å². The Kier molecular flexibility index (Phi) is 10.8. The molecule has 5 heteroatoms. The van der Waals surface area contributed by atoms with Gasteiger partial charge in [-0.1, -0.05) is 54.6 Å². The molecule has 2 rings (SSSR count). The van der Waals surface area contributed by atoms with Crippen LogP contribution in [0.3, 0.4) is 0 Å². The molecule has 1 amide bonds. The van der Waals surface area contributed by atoms with Crippen molar-refractivity contribution in [2.45, 2.75) is 70.2 Å². The Morgan fingerprint density at radius 1 is 1.20 bits per heavy atom. The Morgan fingerprint density at radius 3 is 2.70 bits per heavy atom. The van der Waals surface area contributed by atoms with Gasteiger partial charge in [0, 0.05) is 25.3 Å². The summed E-state index contributed by atoms with van der Waals surface area (Å²) in [5.41, 5.74) is 1.19. The van der Waals surface area contributed by atoms with Gasteiger partial charge in [-0.3, -0.25) is 4.79 Å². The molecule has 0 spiro atoms. The number of carbonyl (C=O) groups is 1. The lowest BCUT2D eigenvalue weighted by Gasteiger charge is -2.19. The number of unbranched alkanes of at least 4 members (excludes halogenated alkanes) is 1. The van der Waals surface area contributed by atoms with Crippen LogP contribution in [-0.2, 0) is 11.2 Å². The van der Waals surface area contributed by atoms with Gasteiger partial charge in [0.2, 0.25) is 5.91 Å². The van der Waals surface area contributed by atoms with Crippen molar-refractivity contribution < 1.29 is 20.1 Å². The third-order valence-corrected chi connectivity index (χ3v) is 5.77. The topological polar surface area (TPSA) is 89.8 Å². The lowest BCUT2D eigenvalue weighted by Crippen LogP contribution is -2.21. The van der Waals surface area contributed by atoms with E-state index in [1.165, 1.54) is 5.56 Å². The summed E-state index contributed by atoms with van der Waals surface area (Å²) in [5.74, 6) is -0.139. The molecule has 0 aromatic heterocycles. The van der Waals surface area contributed by atoms with Crippen molar-refractivity contribution in [1.82, 2.24) is 5.32 Å². The summed E-state index contributed by atoms with van der Waals surface area (Å²) >= 11 is 0. The van der Waals surface area contributed by atoms with Gasteiger partial charge >= 0.3 is 0 Å². The van der Waals surface area contributed by atoms with Crippen LogP contribution >= 0.6 is 0 Å². The molecule has 1 saturated carbocycles. The molecule has 30 heavy (non-hydrogen) atoms. The molecule has 5 atom stereocenters. The number of nitrogens with one attached hydrogen (secondary N) is 1. The Bertz CT molecular complexity index is 673. The molecule has 1 aromatic carbocycles. The molecular formula is C25H37NO4. The lowest BCUT2D eigenvalue weighted by molar-refractivity contribution is -0.121. The third-order valence-electron chi connectivity index (χ3n) is 5.77. The highest BCUT2D eigenvalue weighted by Gasteiger charge is 2.39. The van der Waals surface area contributed by atoms with Gasteiger partial charge in [0.1, 0.15) is 0 Å². The predicted octanol–water partition coefficient (Wildman–Crippen LogP) is 3.15. The van der Waals surface area contributed by atoms with Crippen LogP contribution in [0.25, 0.3) is 0 Å². The molecule has 0 bridgehead atoms. The van der Waals surface area contributed by atoms with E-state index in [0.717, 1.165) is 19.3 Å². The van der Waals surface area contributed by atoms with Gasteiger partial charge in [-0.15, -0.1) is 0 Å². The Morgan fingerprint density at radius 2 is 1.97 bits per heavy atom. The molecule has 1 aliphatic rings. The number of aliphatic hydroxyl groups is 3. The molecule has 166 valence electrons. The largest absolute Gasteiger partial charge is 0.393 e. The van der Waals surface area contributed by atoms with Crippen LogP contribution in [0.5, 0.6) is 0 Å². The van der Waals surface area contributed by atoms with Crippen molar-refractivity contribution >= 4 is 5.91 Å². The summed E-state index contributed by atoms with van der Waals surface area (Å²) in [6, 6.07) is 10.1. The van der Waals surface area contributed by atoms with Crippen molar-refractivity contribution in [2.24, 2.45) is 11.8 Å². The highest BCUT2D eigenvalue weighted by Crippen LogP contribution is 2.36. The van der Waals surface area contributed by atoms with Crippen LogP contribution in [-0.4, -0.2) is 46.1 Å². The van der Waals surface area contributed by atoms with E-state index < -0.39 is 18.3 Å². The van der Waals surface area contributed by atoms with Crippen LogP contribution in [0.1, 0.15) is 51.0 Å². The summed E-state index contributed by atoms with van der Waals surface area (Å²) in [6.07, 6.45) is 10.6. The molecule has 0 unspecified atom stereocenters. The maximum atomic E-state index is 11.4. The van der Waals surface area contributed by atoms with E-state index >= 15 is 0 Å². The molecular weight excluding hydrogens is 378 g/mol. The maximum absolute atomic E-state index is 11.4. The fourth-order valence-electron chi connectivity index (χ4n) is 4.06. The minimum Gasteiger partial charge on any atom is -0.393 e. The van der Waals surface area contributed by atoms with E-state index in [1.54, 1.807) is 6.08 Å². The third kappa shape index (κ3) is 8.42. The number of hydrogen-bond acceptors (Lipinski definition) is 4. The first-order valence-electron chi connectivity index (χ1n) is 11.2. The van der Waals surface area contributed by atoms with Crippen molar-refractivity contribution in [3.8, 4) is 0 Å². The SMILES string of the molecule is CCNC(=O)CCC/C=C/C[C@H]1[C@@H](/C=C/[C@@H](O)CCc2ccccc2)[C@@H](O)C[C@H]1O. The molecule has 4 N–H and O–H groups in total. The summed E-state index contributed by atoms with van der Waals surface area (Å²) in [5, 5.41) is 33.8. The van der Waals surface area contributed by atoms with Gasteiger partial charge in [0.25, 0.3) is 0 Å². The number of allylic oxidation sites excluding steroid dienone is 2. The molecule has 1 aliphatic carbocycles. The van der Waals surface area contributed by atoms with E-state index in [9.17, 15) is 20.1 Å². The molecule has 0 saturated heterocycles. The minimum atomic E-state index is -0.589. The summed E-state index contributed by atoms with van der Waals surface area (Å²) in [6.45, 7) is 2.57. The Balaban J connectivity index is 1.78. The standard InChI is InChI=1S/C25H37NO4/c1-2-26-25(30)13-9-4-3-8-12-21-22(24(29)18-23(21)28)17-16-20(27)15-14-19-10-6-5-7-11-19/h3,5-8,10-11,16-17,20-24,27-29H,2,4,9,12-15,18H2,1H3,(H,26,30)/b8-3+,17-16+/t20-,21-,22+,23+,24-/m0/s1. The smallest absolute Gasteiger partial charge is 0.219 e. The quantitative estimate of drug-likeness (QED) is 0.312. The first kappa shape index (κ1) is 24.3. The number of carbonyl (C=O) groups excluding carboxylic acids is 1. The van der Waals surface area contributed by atoms with Crippen molar-refractivity contribution in [2.75, 3.05) is 6.54 Å². The van der Waals surface area contributed by atoms with Crippen LogP contribution in [0.15, 0.2) is 54.6 Å². The molecule has 1 fully saturated rings. The second kappa shape index (κ2) is 13.4. The molecule has 5 nitrogen and oxygen atoms in total. The lowest BCUT2D eigenvalue weighted by atomic mass is 9.89. The first-order chi connectivity index (χ1) is 14.5. The zero-order valence-corrected chi connectivity index (χ0v) is 18.0. The summed E-state index contributed by atoms with van der Waals surface area (Å²) < 4.78 is 0. The molecule has 1 aromatic rings. The maximum Gasteiger partial charge on any atom is 0.219 e. The van der Waals surface area contributed by atoms with Crippen LogP contribution < -0.4 is 5.32 Å². The zero-order chi connectivity index (χ0) is 21.8. The summed E-state index contributed by atoms with van der Waals surface area (Å²) in [4.78, 5) is 11.4. The van der Waals surface area contributed by atoms with Crippen molar-refractivity contribution in [3.05, 3.63) is 60.2 Å². The minimum absolute atomic E-state index is 0.0581. The van der Waals surface area contributed by atoms with Gasteiger partial charge < -0.3 is 20.6 Å². The highest BCUT2D eigenvalue weighted by molar-refractivity contribution is 5.75. The van der Waals surface area contributed by atoms with Gasteiger partial charge in [-0.05, 0) is 50.5 Å². The monoisotopic (exact) mass is 415 g/mol. The number of aryl methyl sites for hydroxylation is 1. The normalized spacial score (nSPS) is 25.2. The molecule has 0 heterocycles. The molecule has 0 radical (unpaired) electrons. The number of hydrogen-bond donors (Lipinski definition) is 4. The molecule has 0 aliphatic heterocycles. The number of amides is 1. The van der Waals surface area contributed by atoms with E-state index in [1.807, 2.05) is 55.5 Å². The fraction of sp³-hybridized carbons (Fsp3) is 0.560. The van der Waals surface area contributed by atoms with Gasteiger partial charge in [-0.2, -0.15) is 0 Å². The van der Waals surface area contributed by atoms with E-state index in [4.69, 9.17) is 0 Å². The average molecular weight is 416 g/mol. The van der Waals surface area contributed by atoms with Crippen LogP contribution in [0.2, 0.25) is 0 Å². The van der Waals surface area contributed by atoms with E-state index in [2.05, 4.69) is 5.32 Å². The predicted molar refractivity (Wildman–Crippen MR) is 120 cm³/mol. The number of rotatable bonds is 12. The number of aliphatic hydroxyl groups excluding tert-OH is 3. The van der Waals surface area contributed by atoms with Gasteiger partial charge in [0.05, 0.1) is 18.3 Å². The van der Waals surface area contributed by atoms with Gasteiger partial charge in [0.15, 0.2) is 0 Å². The fourth-order valence-corrected chi connectivity index (χ4v) is 4.06. The van der Waals surface area contributed by atoms with Crippen LogP contribution in [0, 0.1) is 11.8 Å². The summed E-state index contributed by atoms with van der Waals surface area (Å²) in [7, 11) is 0. The number of benzene rings is 1. The average Bonchev–Trinajstić information content (AvgIpc) is 3.00. The zero-order valence-electron chi connectivity index (χ0n) is 18.0. The van der Waals surface area contributed by atoms with Gasteiger partial charge in [-0.25, -0.2) is 0 Å². The first-order valence-corrected chi connectivity index (χ1v) is 11.2. The van der Waals surface area contributed by atoms with Crippen LogP contribution in [0.4, 0.5) is 0 Å². The highest BCUT2D eigenvalue weighted by atomic mass is 16.3. The van der Waals surface area contributed by atoms with E-state index in [-0.39, 0.29) is 17.7 Å². The Labute approximate surface area is 180 Å². The van der Waals surface area contributed by atoms with Crippen molar-refractivity contribution in [1.29, 1.82) is 0 Å². The Hall–Kier alpha value is -1.95. The second-order valence-electron chi connectivity index (χ2n) is 8.14. The second-order valence-corrected chi connectivity index (χ2v) is 8.14. The van der Waals surface area contributed by atoms with Crippen molar-refractivity contribution in [3.63, 3.8) is 0 Å².